The molecule has 8 heteroatoms. The van der Waals surface area contributed by atoms with Crippen LogP contribution in [-0.4, -0.2) is 44.9 Å². The van der Waals surface area contributed by atoms with Crippen molar-refractivity contribution in [2.24, 2.45) is 13.0 Å². The molecule has 8 nitrogen and oxygen atoms in total. The van der Waals surface area contributed by atoms with E-state index in [1.165, 1.54) is 0 Å². The number of carbonyl (C=O) groups excluding carboxylic acids is 2. The summed E-state index contributed by atoms with van der Waals surface area (Å²) in [5.41, 5.74) is 3.70. The smallest absolute Gasteiger partial charge is 0.269 e. The van der Waals surface area contributed by atoms with Crippen molar-refractivity contribution in [2.75, 3.05) is 7.05 Å². The Morgan fingerprint density at radius 3 is 2.52 bits per heavy atom. The van der Waals surface area contributed by atoms with Crippen molar-refractivity contribution in [3.05, 3.63) is 23.1 Å². The molecule has 0 radical (unpaired) electrons. The summed E-state index contributed by atoms with van der Waals surface area (Å²) in [5.74, 6) is -0.284. The molecule has 2 aromatic heterocycles. The molecule has 136 valence electrons. The Morgan fingerprint density at radius 1 is 1.32 bits per heavy atom. The van der Waals surface area contributed by atoms with E-state index in [0.29, 0.717) is 17.8 Å². The normalized spacial score (nSPS) is 12.3. The molecule has 25 heavy (non-hydrogen) atoms. The summed E-state index contributed by atoms with van der Waals surface area (Å²) < 4.78 is 1.78. The minimum atomic E-state index is -0.578. The summed E-state index contributed by atoms with van der Waals surface area (Å²) in [4.78, 5) is 24.5. The lowest BCUT2D eigenvalue weighted by molar-refractivity contribution is -0.122. The molecule has 2 aromatic rings. The number of hydrogen-bond acceptors (Lipinski definition) is 4. The third-order valence-electron chi connectivity index (χ3n) is 4.16. The van der Waals surface area contributed by atoms with Gasteiger partial charge >= 0.3 is 0 Å². The molecule has 0 bridgehead atoms. The zero-order valence-corrected chi connectivity index (χ0v) is 15.6. The number of nitrogens with one attached hydrogen (secondary N) is 3. The van der Waals surface area contributed by atoms with Crippen LogP contribution in [0, 0.1) is 19.8 Å². The Hall–Kier alpha value is -2.64. The first-order chi connectivity index (χ1) is 11.7. The molecule has 1 unspecified atom stereocenters. The fourth-order valence-electron chi connectivity index (χ4n) is 2.82. The van der Waals surface area contributed by atoms with E-state index in [1.807, 2.05) is 34.7 Å². The largest absolute Gasteiger partial charge is 0.357 e. The molecule has 2 amide bonds. The quantitative estimate of drug-likeness (QED) is 0.733. The Kier molecular flexibility index (Phi) is 5.61. The van der Waals surface area contributed by atoms with Crippen molar-refractivity contribution in [3.63, 3.8) is 0 Å². The number of aromatic amines is 1. The Balaban J connectivity index is 2.20. The van der Waals surface area contributed by atoms with E-state index in [2.05, 4.69) is 25.9 Å². The van der Waals surface area contributed by atoms with Gasteiger partial charge in [0.05, 0.1) is 11.4 Å². The topological polar surface area (TPSA) is 105 Å². The molecule has 1 atom stereocenters. The van der Waals surface area contributed by atoms with Crippen LogP contribution in [-0.2, 0) is 11.8 Å². The highest BCUT2D eigenvalue weighted by atomic mass is 16.2. The summed E-state index contributed by atoms with van der Waals surface area (Å²) in [5, 5.41) is 16.7. The highest BCUT2D eigenvalue weighted by molar-refractivity contribution is 5.96. The van der Waals surface area contributed by atoms with Gasteiger partial charge in [-0.3, -0.25) is 19.4 Å². The maximum Gasteiger partial charge on any atom is 0.269 e. The summed E-state index contributed by atoms with van der Waals surface area (Å²) >= 11 is 0. The first-order valence-electron chi connectivity index (χ1n) is 8.33. The van der Waals surface area contributed by atoms with Crippen molar-refractivity contribution >= 4 is 11.8 Å². The first-order valence-corrected chi connectivity index (χ1v) is 8.33. The fraction of sp³-hybridized carbons (Fsp3) is 0.529. The van der Waals surface area contributed by atoms with Gasteiger partial charge < -0.3 is 10.6 Å². The predicted molar refractivity (Wildman–Crippen MR) is 95.0 cm³/mol. The number of likely N-dealkylation sites (N-methyl/N-ethyl adjacent to an activating group) is 1. The number of carbonyl (C=O) groups is 2. The predicted octanol–water partition coefficient (Wildman–Crippen LogP) is 1.32. The molecule has 2 rings (SSSR count). The van der Waals surface area contributed by atoms with Crippen LogP contribution in [0.25, 0.3) is 11.3 Å². The number of rotatable bonds is 6. The van der Waals surface area contributed by atoms with Gasteiger partial charge in [0.2, 0.25) is 5.91 Å². The average molecular weight is 346 g/mol. The average Bonchev–Trinajstić information content (AvgIpc) is 3.11. The third kappa shape index (κ3) is 4.07. The number of amides is 2. The highest BCUT2D eigenvalue weighted by Crippen LogP contribution is 2.25. The van der Waals surface area contributed by atoms with Crippen molar-refractivity contribution in [1.29, 1.82) is 0 Å². The third-order valence-corrected chi connectivity index (χ3v) is 4.16. The second-order valence-corrected chi connectivity index (χ2v) is 6.61. The van der Waals surface area contributed by atoms with Crippen molar-refractivity contribution in [2.45, 2.75) is 40.2 Å². The van der Waals surface area contributed by atoms with Crippen molar-refractivity contribution in [1.82, 2.24) is 30.6 Å². The summed E-state index contributed by atoms with van der Waals surface area (Å²) in [6, 6.07) is 1.11. The minimum Gasteiger partial charge on any atom is -0.357 e. The van der Waals surface area contributed by atoms with Gasteiger partial charge in [0.25, 0.3) is 5.91 Å². The maximum absolute atomic E-state index is 12.5. The highest BCUT2D eigenvalue weighted by Gasteiger charge is 2.23. The van der Waals surface area contributed by atoms with Crippen molar-refractivity contribution in [3.8, 4) is 11.3 Å². The molecule has 0 saturated carbocycles. The van der Waals surface area contributed by atoms with Crippen LogP contribution < -0.4 is 10.6 Å². The van der Waals surface area contributed by atoms with Crippen LogP contribution in [0.1, 0.15) is 42.1 Å². The number of nitrogens with zero attached hydrogens (tertiary/aromatic N) is 3. The molecule has 0 aliphatic rings. The molecule has 0 fully saturated rings. The zero-order chi connectivity index (χ0) is 18.7. The van der Waals surface area contributed by atoms with Gasteiger partial charge in [-0.2, -0.15) is 10.2 Å². The van der Waals surface area contributed by atoms with Gasteiger partial charge in [-0.05, 0) is 32.3 Å². The van der Waals surface area contributed by atoms with Gasteiger partial charge in [0, 0.05) is 25.4 Å². The number of H-pyrrole nitrogens is 1. The van der Waals surface area contributed by atoms with E-state index in [4.69, 9.17) is 0 Å². The first kappa shape index (κ1) is 18.7. The monoisotopic (exact) mass is 346 g/mol. The van der Waals surface area contributed by atoms with Crippen molar-refractivity contribution < 1.29 is 9.59 Å². The van der Waals surface area contributed by atoms with Gasteiger partial charge in [-0.15, -0.1) is 0 Å². The van der Waals surface area contributed by atoms with E-state index in [0.717, 1.165) is 17.0 Å². The zero-order valence-electron chi connectivity index (χ0n) is 15.6. The van der Waals surface area contributed by atoms with Gasteiger partial charge in [-0.1, -0.05) is 13.8 Å². The molecule has 0 spiro atoms. The van der Waals surface area contributed by atoms with E-state index >= 15 is 0 Å². The lowest BCUT2D eigenvalue weighted by Gasteiger charge is -2.18. The fourth-order valence-corrected chi connectivity index (χ4v) is 2.82. The number of aromatic nitrogens is 4. The van der Waals surface area contributed by atoms with Gasteiger partial charge in [-0.25, -0.2) is 0 Å². The minimum absolute atomic E-state index is 0.208. The van der Waals surface area contributed by atoms with E-state index < -0.39 is 6.04 Å². The lowest BCUT2D eigenvalue weighted by atomic mass is 10.0. The SMILES string of the molecule is CNC(=O)C(CC(C)C)NC(=O)c1cc(-c2c(C)nn(C)c2C)n[nH]1. The van der Waals surface area contributed by atoms with Crippen LogP contribution in [0.5, 0.6) is 0 Å². The lowest BCUT2D eigenvalue weighted by Crippen LogP contribution is -2.46. The number of hydrogen-bond donors (Lipinski definition) is 3. The van der Waals surface area contributed by atoms with Gasteiger partial charge in [0.15, 0.2) is 0 Å². The molecule has 0 aliphatic heterocycles. The van der Waals surface area contributed by atoms with E-state index in [9.17, 15) is 9.59 Å². The molecule has 0 aromatic carbocycles. The molecule has 2 heterocycles. The maximum atomic E-state index is 12.5. The van der Waals surface area contributed by atoms with E-state index in [1.54, 1.807) is 17.8 Å². The van der Waals surface area contributed by atoms with Crippen LogP contribution in [0.3, 0.4) is 0 Å². The summed E-state index contributed by atoms with van der Waals surface area (Å²) in [6.07, 6.45) is 0.563. The molecular formula is C17H26N6O2. The second kappa shape index (κ2) is 7.50. The Morgan fingerprint density at radius 2 is 2.00 bits per heavy atom. The molecule has 0 saturated heterocycles. The summed E-state index contributed by atoms with van der Waals surface area (Å²) in [7, 11) is 3.43. The Labute approximate surface area is 147 Å². The van der Waals surface area contributed by atoms with Gasteiger partial charge in [0.1, 0.15) is 11.7 Å². The number of aryl methyl sites for hydroxylation is 2. The van der Waals surface area contributed by atoms with Crippen LogP contribution in [0.4, 0.5) is 0 Å². The van der Waals surface area contributed by atoms with Crippen LogP contribution in [0.2, 0.25) is 0 Å². The molecular weight excluding hydrogens is 320 g/mol. The second-order valence-electron chi connectivity index (χ2n) is 6.61. The molecule has 3 N–H and O–H groups in total. The molecule has 0 aliphatic carbocycles. The van der Waals surface area contributed by atoms with Crippen LogP contribution in [0.15, 0.2) is 6.07 Å². The van der Waals surface area contributed by atoms with E-state index in [-0.39, 0.29) is 17.7 Å². The Bertz CT molecular complexity index is 774. The van der Waals surface area contributed by atoms with Crippen LogP contribution >= 0.6 is 0 Å². The summed E-state index contributed by atoms with van der Waals surface area (Å²) in [6.45, 7) is 7.86. The standard InChI is InChI=1S/C17H26N6O2/c1-9(2)7-13(16(24)18-5)19-17(25)14-8-12(20-21-14)15-10(3)22-23(6)11(15)4/h8-9,13H,7H2,1-6H3,(H,18,24)(H,19,25)(H,20,21).